The quantitative estimate of drug-likeness (QED) is 0.485. The average molecular weight is 521 g/mol. The lowest BCUT2D eigenvalue weighted by molar-refractivity contribution is -0.165. The summed E-state index contributed by atoms with van der Waals surface area (Å²) in [5, 5.41) is 17.2. The molecule has 1 aromatic carbocycles. The van der Waals surface area contributed by atoms with Gasteiger partial charge in [-0.15, -0.1) is 0 Å². The van der Waals surface area contributed by atoms with E-state index in [2.05, 4.69) is 21.5 Å². The van der Waals surface area contributed by atoms with Crippen LogP contribution in [-0.4, -0.2) is 46.3 Å². The van der Waals surface area contributed by atoms with Gasteiger partial charge < -0.3 is 10.3 Å². The van der Waals surface area contributed by atoms with Crippen molar-refractivity contribution < 1.29 is 21.6 Å². The third kappa shape index (κ3) is 4.35. The van der Waals surface area contributed by atoms with E-state index in [4.69, 9.17) is 0 Å². The number of aromatic nitrogens is 3. The summed E-state index contributed by atoms with van der Waals surface area (Å²) in [5.41, 5.74) is 0.597. The lowest BCUT2D eigenvalue weighted by atomic mass is 10.1. The first kappa shape index (κ1) is 24.3. The Balaban J connectivity index is 1.45. The number of nitrogens with zero attached hydrogens (tertiary/aromatic N) is 4. The number of nitrogens with one attached hydrogen (secondary N) is 2. The highest BCUT2D eigenvalue weighted by molar-refractivity contribution is 7.89. The van der Waals surface area contributed by atoms with Crippen LogP contribution in [0.4, 0.5) is 24.7 Å². The molecule has 0 bridgehead atoms. The number of sulfonamides is 1. The summed E-state index contributed by atoms with van der Waals surface area (Å²) < 4.78 is 68.0. The van der Waals surface area contributed by atoms with E-state index in [-0.39, 0.29) is 48.1 Å². The Hall–Kier alpha value is -3.37. The number of rotatable bonds is 7. The summed E-state index contributed by atoms with van der Waals surface area (Å²) in [7, 11) is -4.34. The van der Waals surface area contributed by atoms with E-state index < -0.39 is 22.2 Å². The summed E-state index contributed by atoms with van der Waals surface area (Å²) in [6.45, 7) is -0.191. The van der Waals surface area contributed by atoms with Gasteiger partial charge in [0.05, 0.1) is 28.9 Å². The van der Waals surface area contributed by atoms with Crippen molar-refractivity contribution in [3.05, 3.63) is 46.9 Å². The third-order valence-electron chi connectivity index (χ3n) is 6.72. The van der Waals surface area contributed by atoms with Crippen molar-refractivity contribution >= 4 is 32.4 Å². The number of nitriles is 1. The second-order valence-corrected chi connectivity index (χ2v) is 11.0. The van der Waals surface area contributed by atoms with Gasteiger partial charge in [0.2, 0.25) is 10.0 Å². The number of hydrogen-bond acceptors (Lipinski definition) is 6. The topological polar surface area (TPSA) is 124 Å². The second-order valence-electron chi connectivity index (χ2n) is 9.09. The molecule has 2 aromatic heterocycles. The molecule has 3 aromatic rings. The van der Waals surface area contributed by atoms with E-state index in [1.807, 2.05) is 0 Å². The van der Waals surface area contributed by atoms with Crippen LogP contribution in [0.5, 0.6) is 0 Å². The van der Waals surface area contributed by atoms with E-state index >= 15 is 0 Å². The Kier molecular flexibility index (Phi) is 6.04. The van der Waals surface area contributed by atoms with Crippen LogP contribution in [0.1, 0.15) is 38.1 Å². The smallest absolute Gasteiger partial charge is 0.338 e. The largest absolute Gasteiger partial charge is 0.405 e. The minimum Gasteiger partial charge on any atom is -0.338 e. The Morgan fingerprint density at radius 2 is 1.92 bits per heavy atom. The fourth-order valence-electron chi connectivity index (χ4n) is 4.80. The van der Waals surface area contributed by atoms with Crippen LogP contribution >= 0.6 is 0 Å². The predicted octanol–water partition coefficient (Wildman–Crippen LogP) is 4.05. The molecule has 13 heteroatoms. The molecule has 1 saturated heterocycles. The molecule has 1 aliphatic heterocycles. The van der Waals surface area contributed by atoms with Gasteiger partial charge in [-0.25, -0.2) is 8.42 Å². The van der Waals surface area contributed by atoms with Gasteiger partial charge in [0.1, 0.15) is 11.4 Å². The zero-order chi connectivity index (χ0) is 25.7. The van der Waals surface area contributed by atoms with Gasteiger partial charge in [-0.1, -0.05) is 0 Å². The number of hydrogen-bond donors (Lipinski definition) is 2. The minimum atomic E-state index is -4.64. The molecule has 1 aliphatic carbocycles. The lowest BCUT2D eigenvalue weighted by Crippen LogP contribution is -2.44. The van der Waals surface area contributed by atoms with Gasteiger partial charge in [0.25, 0.3) is 5.56 Å². The molecule has 0 unspecified atom stereocenters. The Labute approximate surface area is 204 Å². The van der Waals surface area contributed by atoms with Crippen molar-refractivity contribution in [1.29, 1.82) is 5.26 Å². The van der Waals surface area contributed by atoms with E-state index in [9.17, 15) is 31.6 Å². The lowest BCUT2D eigenvalue weighted by Gasteiger charge is -2.25. The van der Waals surface area contributed by atoms with Crippen molar-refractivity contribution in [1.82, 2.24) is 19.1 Å². The maximum Gasteiger partial charge on any atom is 0.405 e. The molecular weight excluding hydrogens is 497 g/mol. The first-order chi connectivity index (χ1) is 17.1. The average Bonchev–Trinajstić information content (AvgIpc) is 3.40. The van der Waals surface area contributed by atoms with E-state index in [1.54, 1.807) is 10.7 Å². The first-order valence-corrected chi connectivity index (χ1v) is 13.0. The van der Waals surface area contributed by atoms with Crippen LogP contribution in [0, 0.1) is 17.2 Å². The molecule has 0 radical (unpaired) electrons. The Morgan fingerprint density at radius 1 is 1.19 bits per heavy atom. The number of halogens is 3. The Bertz CT molecular complexity index is 1490. The fourth-order valence-corrected chi connectivity index (χ4v) is 6.48. The number of alkyl halides is 3. The molecule has 5 rings (SSSR count). The minimum absolute atomic E-state index is 0.140. The number of H-pyrrole nitrogens is 1. The van der Waals surface area contributed by atoms with E-state index in [0.717, 1.165) is 12.8 Å². The summed E-state index contributed by atoms with van der Waals surface area (Å²) >= 11 is 0. The van der Waals surface area contributed by atoms with Gasteiger partial charge in [0, 0.05) is 18.4 Å². The van der Waals surface area contributed by atoms with Crippen LogP contribution in [0.2, 0.25) is 0 Å². The molecule has 2 fully saturated rings. The molecule has 1 saturated carbocycles. The highest BCUT2D eigenvalue weighted by Gasteiger charge is 2.50. The molecule has 36 heavy (non-hydrogen) atoms. The summed E-state index contributed by atoms with van der Waals surface area (Å²) in [6, 6.07) is 6.99. The number of fused-ring (bicyclic) bond motifs is 1. The van der Waals surface area contributed by atoms with Crippen molar-refractivity contribution in [2.75, 3.05) is 11.9 Å². The van der Waals surface area contributed by atoms with Crippen LogP contribution < -0.4 is 10.9 Å². The molecular formula is C23H23F3N6O3S. The summed E-state index contributed by atoms with van der Waals surface area (Å²) in [5.74, 6) is 0.540. The molecule has 2 N–H and O–H groups in total. The molecule has 2 aliphatic rings. The second kappa shape index (κ2) is 8.94. The van der Waals surface area contributed by atoms with Gasteiger partial charge in [0.15, 0.2) is 5.82 Å². The van der Waals surface area contributed by atoms with Crippen LogP contribution in [0.3, 0.4) is 0 Å². The van der Waals surface area contributed by atoms with Crippen molar-refractivity contribution in [2.45, 2.75) is 55.3 Å². The normalized spacial score (nSPS) is 19.9. The van der Waals surface area contributed by atoms with Gasteiger partial charge in [-0.2, -0.15) is 27.8 Å². The zero-order valence-corrected chi connectivity index (χ0v) is 19.8. The maximum atomic E-state index is 13.3. The van der Waals surface area contributed by atoms with E-state index in [1.165, 1.54) is 30.5 Å². The number of pyridine rings is 1. The SMILES string of the molecule is N#CC[C@@H](C1CC1)n1nc(Nc2ccc(S(=O)(=O)N3CCC[C@@H]3C(F)(F)F)cc2)c2c(=O)[nH]ccc21. The highest BCUT2D eigenvalue weighted by Crippen LogP contribution is 2.43. The van der Waals surface area contributed by atoms with Gasteiger partial charge in [-0.3, -0.25) is 9.48 Å². The standard InChI is InChI=1S/C23H23F3N6O3S/c24-23(25,26)19-2-1-13-31(19)36(34,35)16-7-5-15(6-8-16)29-21-20-18(10-12-28-22(20)33)32(30-21)17(9-11-27)14-3-4-14/h5-8,10,12,14,17,19H,1-4,9,13H2,(H,28,33)(H,29,30)/t17-,19+/m0/s1. The fraction of sp³-hybridized carbons (Fsp3) is 0.435. The van der Waals surface area contributed by atoms with Crippen molar-refractivity contribution in [3.63, 3.8) is 0 Å². The number of aromatic amines is 1. The molecule has 190 valence electrons. The zero-order valence-electron chi connectivity index (χ0n) is 19.0. The van der Waals surface area contributed by atoms with E-state index in [0.29, 0.717) is 26.8 Å². The molecule has 9 nitrogen and oxygen atoms in total. The van der Waals surface area contributed by atoms with Crippen LogP contribution in [0.15, 0.2) is 46.2 Å². The number of anilines is 2. The van der Waals surface area contributed by atoms with Crippen molar-refractivity contribution in [2.24, 2.45) is 5.92 Å². The summed E-state index contributed by atoms with van der Waals surface area (Å²) in [4.78, 5) is 15.0. The monoisotopic (exact) mass is 520 g/mol. The van der Waals surface area contributed by atoms with Crippen molar-refractivity contribution in [3.8, 4) is 6.07 Å². The third-order valence-corrected chi connectivity index (χ3v) is 8.64. The maximum absolute atomic E-state index is 13.3. The molecule has 2 atom stereocenters. The predicted molar refractivity (Wildman–Crippen MR) is 125 cm³/mol. The molecule has 3 heterocycles. The summed E-state index contributed by atoms with van der Waals surface area (Å²) in [6.07, 6.45) is -1.06. The van der Waals surface area contributed by atoms with Crippen LogP contribution in [-0.2, 0) is 10.0 Å². The first-order valence-electron chi connectivity index (χ1n) is 11.5. The molecule has 0 amide bonds. The van der Waals surface area contributed by atoms with Gasteiger partial charge >= 0.3 is 6.18 Å². The highest BCUT2D eigenvalue weighted by atomic mass is 32.2. The van der Waals surface area contributed by atoms with Gasteiger partial charge in [-0.05, 0) is 61.9 Å². The Morgan fingerprint density at radius 3 is 2.56 bits per heavy atom. The molecule has 0 spiro atoms. The van der Waals surface area contributed by atoms with Crippen LogP contribution in [0.25, 0.3) is 10.9 Å². The number of benzene rings is 1.